The van der Waals surface area contributed by atoms with Gasteiger partial charge in [-0.1, -0.05) is 38.8 Å². The lowest BCUT2D eigenvalue weighted by molar-refractivity contribution is -0.137. The van der Waals surface area contributed by atoms with E-state index in [0.717, 1.165) is 31.6 Å². The minimum absolute atomic E-state index is 0.115. The molecule has 1 aliphatic heterocycles. The van der Waals surface area contributed by atoms with E-state index in [4.69, 9.17) is 4.74 Å². The lowest BCUT2D eigenvalue weighted by Gasteiger charge is -2.32. The van der Waals surface area contributed by atoms with Gasteiger partial charge in [0, 0.05) is 12.5 Å². The van der Waals surface area contributed by atoms with E-state index in [9.17, 15) is 4.79 Å². The molecule has 21 heavy (non-hydrogen) atoms. The van der Waals surface area contributed by atoms with Crippen LogP contribution in [0.5, 0.6) is 5.75 Å². The summed E-state index contributed by atoms with van der Waals surface area (Å²) in [6, 6.07) is 8.41. The van der Waals surface area contributed by atoms with Crippen LogP contribution < -0.4 is 4.74 Å². The molecule has 1 aliphatic rings. The molecular formula is C18H27NO2. The number of rotatable bonds is 4. The molecular weight excluding hydrogens is 262 g/mol. The molecule has 0 N–H and O–H groups in total. The van der Waals surface area contributed by atoms with Crippen LogP contribution in [-0.4, -0.2) is 24.5 Å². The molecule has 1 heterocycles. The van der Waals surface area contributed by atoms with Crippen molar-refractivity contribution in [1.82, 2.24) is 4.90 Å². The predicted octanol–water partition coefficient (Wildman–Crippen LogP) is 4.19. The molecule has 0 radical (unpaired) electrons. The number of carbonyl (C=O) groups is 1. The van der Waals surface area contributed by atoms with Gasteiger partial charge in [-0.15, -0.1) is 0 Å². The van der Waals surface area contributed by atoms with E-state index in [1.165, 1.54) is 18.4 Å². The smallest absolute Gasteiger partial charge is 0.225 e. The summed E-state index contributed by atoms with van der Waals surface area (Å²) in [5.41, 5.74) is 1.23. The van der Waals surface area contributed by atoms with Crippen molar-refractivity contribution < 1.29 is 9.53 Å². The zero-order chi connectivity index (χ0) is 15.2. The number of hydrogen-bond acceptors (Lipinski definition) is 2. The van der Waals surface area contributed by atoms with Crippen molar-refractivity contribution in [2.75, 3.05) is 13.7 Å². The molecule has 3 nitrogen and oxygen atoms in total. The second kappa shape index (κ2) is 7.48. The molecule has 0 aromatic heterocycles. The Morgan fingerprint density at radius 1 is 1.29 bits per heavy atom. The Labute approximate surface area is 128 Å². The molecule has 0 aliphatic carbocycles. The molecule has 1 aromatic rings. The van der Waals surface area contributed by atoms with Gasteiger partial charge in [0.25, 0.3) is 0 Å². The van der Waals surface area contributed by atoms with Gasteiger partial charge in [0.2, 0.25) is 5.91 Å². The number of ether oxygens (including phenoxy) is 1. The quantitative estimate of drug-likeness (QED) is 0.832. The van der Waals surface area contributed by atoms with Crippen LogP contribution in [0.15, 0.2) is 24.3 Å². The first-order valence-corrected chi connectivity index (χ1v) is 8.11. The monoisotopic (exact) mass is 289 g/mol. The van der Waals surface area contributed by atoms with Crippen molar-refractivity contribution in [3.05, 3.63) is 29.8 Å². The maximum atomic E-state index is 12.7. The average Bonchev–Trinajstić information content (AvgIpc) is 2.79. The van der Waals surface area contributed by atoms with Crippen LogP contribution in [0.4, 0.5) is 0 Å². The van der Waals surface area contributed by atoms with Crippen molar-refractivity contribution in [1.29, 1.82) is 0 Å². The number of methoxy groups -OCH3 is 1. The van der Waals surface area contributed by atoms with Gasteiger partial charge >= 0.3 is 0 Å². The molecule has 2 unspecified atom stereocenters. The zero-order valence-electron chi connectivity index (χ0n) is 13.5. The van der Waals surface area contributed by atoms with E-state index < -0.39 is 0 Å². The fraction of sp³-hybridized carbons (Fsp3) is 0.611. The number of likely N-dealkylation sites (tertiary alicyclic amines) is 1. The minimum Gasteiger partial charge on any atom is -0.497 e. The Morgan fingerprint density at radius 3 is 2.62 bits per heavy atom. The van der Waals surface area contributed by atoms with E-state index in [-0.39, 0.29) is 12.0 Å². The molecule has 2 rings (SSSR count). The first-order chi connectivity index (χ1) is 10.2. The van der Waals surface area contributed by atoms with Gasteiger partial charge in [-0.05, 0) is 37.0 Å². The van der Waals surface area contributed by atoms with Gasteiger partial charge in [-0.3, -0.25) is 4.79 Å². The van der Waals surface area contributed by atoms with Gasteiger partial charge in [0.05, 0.1) is 13.2 Å². The van der Waals surface area contributed by atoms with Crippen molar-refractivity contribution >= 4 is 5.91 Å². The Kier molecular flexibility index (Phi) is 5.66. The Bertz CT molecular complexity index is 455. The van der Waals surface area contributed by atoms with Crippen LogP contribution in [0.1, 0.15) is 57.6 Å². The minimum atomic E-state index is 0.115. The average molecular weight is 289 g/mol. The highest BCUT2D eigenvalue weighted by Crippen LogP contribution is 2.32. The Morgan fingerprint density at radius 2 is 2.00 bits per heavy atom. The summed E-state index contributed by atoms with van der Waals surface area (Å²) in [6.45, 7) is 5.01. The Balaban J connectivity index is 2.24. The molecule has 1 amide bonds. The van der Waals surface area contributed by atoms with Crippen molar-refractivity contribution in [2.45, 2.75) is 52.0 Å². The van der Waals surface area contributed by atoms with Crippen LogP contribution in [0.2, 0.25) is 0 Å². The molecule has 1 saturated heterocycles. The Hall–Kier alpha value is -1.51. The third-order valence-corrected chi connectivity index (χ3v) is 4.57. The highest BCUT2D eigenvalue weighted by atomic mass is 16.5. The second-order valence-electron chi connectivity index (χ2n) is 5.98. The van der Waals surface area contributed by atoms with E-state index >= 15 is 0 Å². The van der Waals surface area contributed by atoms with Crippen molar-refractivity contribution in [3.8, 4) is 5.75 Å². The summed E-state index contributed by atoms with van der Waals surface area (Å²) >= 11 is 0. The highest BCUT2D eigenvalue weighted by molar-refractivity contribution is 5.79. The van der Waals surface area contributed by atoms with Crippen LogP contribution in [0, 0.1) is 5.92 Å². The van der Waals surface area contributed by atoms with E-state index in [1.807, 2.05) is 19.1 Å². The predicted molar refractivity (Wildman–Crippen MR) is 85.4 cm³/mol. The van der Waals surface area contributed by atoms with Gasteiger partial charge < -0.3 is 9.64 Å². The first kappa shape index (κ1) is 15.9. The van der Waals surface area contributed by atoms with Crippen molar-refractivity contribution in [2.24, 2.45) is 5.92 Å². The zero-order valence-corrected chi connectivity index (χ0v) is 13.5. The third kappa shape index (κ3) is 3.78. The number of benzene rings is 1. The number of amides is 1. The van der Waals surface area contributed by atoms with Gasteiger partial charge in [-0.25, -0.2) is 0 Å². The molecule has 3 heteroatoms. The van der Waals surface area contributed by atoms with Crippen LogP contribution in [0.25, 0.3) is 0 Å². The maximum Gasteiger partial charge on any atom is 0.225 e. The summed E-state index contributed by atoms with van der Waals surface area (Å²) in [6.07, 6.45) is 5.51. The standard InChI is InChI=1S/C18H27NO2/c1-4-14(2)18(20)19-13-7-5-6-8-17(19)15-9-11-16(21-3)12-10-15/h9-12,14,17H,4-8,13H2,1-3H3. The summed E-state index contributed by atoms with van der Waals surface area (Å²) in [7, 11) is 1.68. The summed E-state index contributed by atoms with van der Waals surface area (Å²) in [5.74, 6) is 1.29. The number of nitrogens with zero attached hydrogens (tertiary/aromatic N) is 1. The van der Waals surface area contributed by atoms with Crippen LogP contribution in [0.3, 0.4) is 0 Å². The van der Waals surface area contributed by atoms with E-state index in [2.05, 4.69) is 24.0 Å². The lowest BCUT2D eigenvalue weighted by atomic mass is 9.98. The second-order valence-corrected chi connectivity index (χ2v) is 5.98. The number of carbonyl (C=O) groups excluding carboxylic acids is 1. The highest BCUT2D eigenvalue weighted by Gasteiger charge is 2.28. The van der Waals surface area contributed by atoms with Crippen molar-refractivity contribution in [3.63, 3.8) is 0 Å². The van der Waals surface area contributed by atoms with Gasteiger partial charge in [0.15, 0.2) is 0 Å². The van der Waals surface area contributed by atoms with E-state index in [1.54, 1.807) is 7.11 Å². The SMILES string of the molecule is CCC(C)C(=O)N1CCCCCC1c1ccc(OC)cc1. The largest absolute Gasteiger partial charge is 0.497 e. The van der Waals surface area contributed by atoms with Gasteiger partial charge in [0.1, 0.15) is 5.75 Å². The molecule has 116 valence electrons. The molecule has 0 saturated carbocycles. The normalized spacial score (nSPS) is 20.7. The molecule has 0 bridgehead atoms. The molecule has 1 fully saturated rings. The number of hydrogen-bond donors (Lipinski definition) is 0. The van der Waals surface area contributed by atoms with Crippen LogP contribution >= 0.6 is 0 Å². The lowest BCUT2D eigenvalue weighted by Crippen LogP contribution is -2.38. The molecule has 1 aromatic carbocycles. The van der Waals surface area contributed by atoms with E-state index in [0.29, 0.717) is 5.91 Å². The summed E-state index contributed by atoms with van der Waals surface area (Å²) in [5, 5.41) is 0. The molecule has 0 spiro atoms. The fourth-order valence-electron chi connectivity index (χ4n) is 3.00. The van der Waals surface area contributed by atoms with Gasteiger partial charge in [-0.2, -0.15) is 0 Å². The first-order valence-electron chi connectivity index (χ1n) is 8.11. The summed E-state index contributed by atoms with van der Waals surface area (Å²) < 4.78 is 5.23. The topological polar surface area (TPSA) is 29.5 Å². The summed E-state index contributed by atoms with van der Waals surface area (Å²) in [4.78, 5) is 14.8. The third-order valence-electron chi connectivity index (χ3n) is 4.57. The fourth-order valence-corrected chi connectivity index (χ4v) is 3.00. The maximum absolute atomic E-state index is 12.7. The van der Waals surface area contributed by atoms with Crippen LogP contribution in [-0.2, 0) is 4.79 Å². The molecule has 2 atom stereocenters.